The maximum absolute atomic E-state index is 9.55. The van der Waals surface area contributed by atoms with Crippen molar-refractivity contribution < 1.29 is 10.1 Å². The number of para-hydroxylation sites is 1. The standard InChI is InChI=1S/C16H16N2O2/c1-18-14-10-6-5-9-13(14)16(20-19,15(18)17)11-12-7-3-2-4-8-12/h2-10,17,19H,11H2,1H3. The Bertz CT molecular complexity index is 642. The number of fused-ring (bicyclic) bond motifs is 1. The monoisotopic (exact) mass is 268 g/mol. The zero-order valence-corrected chi connectivity index (χ0v) is 11.2. The molecule has 1 atom stereocenters. The first kappa shape index (κ1) is 12.8. The molecule has 0 radical (unpaired) electrons. The molecule has 0 fully saturated rings. The van der Waals surface area contributed by atoms with Gasteiger partial charge < -0.3 is 4.90 Å². The van der Waals surface area contributed by atoms with Crippen molar-refractivity contribution >= 4 is 11.5 Å². The Morgan fingerprint density at radius 1 is 1.10 bits per heavy atom. The number of hydrogen-bond donors (Lipinski definition) is 2. The van der Waals surface area contributed by atoms with E-state index in [2.05, 4.69) is 0 Å². The summed E-state index contributed by atoms with van der Waals surface area (Å²) in [6.45, 7) is 0. The summed E-state index contributed by atoms with van der Waals surface area (Å²) in [5.41, 5.74) is 1.59. The SMILES string of the molecule is CN1C(=N)C(Cc2ccccc2)(OO)c2ccccc21. The van der Waals surface area contributed by atoms with Gasteiger partial charge in [0.25, 0.3) is 0 Å². The van der Waals surface area contributed by atoms with Gasteiger partial charge in [0.2, 0.25) is 0 Å². The Kier molecular flexibility index (Phi) is 3.04. The summed E-state index contributed by atoms with van der Waals surface area (Å²) in [7, 11) is 1.81. The zero-order valence-electron chi connectivity index (χ0n) is 11.2. The highest BCUT2D eigenvalue weighted by molar-refractivity contribution is 6.08. The van der Waals surface area contributed by atoms with Crippen LogP contribution >= 0.6 is 0 Å². The van der Waals surface area contributed by atoms with Gasteiger partial charge in [-0.1, -0.05) is 48.5 Å². The van der Waals surface area contributed by atoms with Gasteiger partial charge in [-0.2, -0.15) is 0 Å². The van der Waals surface area contributed by atoms with Gasteiger partial charge in [0.1, 0.15) is 5.84 Å². The van der Waals surface area contributed by atoms with Gasteiger partial charge in [0.15, 0.2) is 5.60 Å². The average Bonchev–Trinajstić information content (AvgIpc) is 2.71. The molecule has 2 aromatic carbocycles. The van der Waals surface area contributed by atoms with Gasteiger partial charge in [0.05, 0.1) is 0 Å². The molecule has 4 heteroatoms. The van der Waals surface area contributed by atoms with Crippen LogP contribution in [-0.4, -0.2) is 18.1 Å². The largest absolute Gasteiger partial charge is 0.330 e. The van der Waals surface area contributed by atoms with Gasteiger partial charge in [-0.25, -0.2) is 4.89 Å². The molecule has 2 aromatic rings. The van der Waals surface area contributed by atoms with Crippen LogP contribution in [0, 0.1) is 5.41 Å². The number of likely N-dealkylation sites (N-methyl/N-ethyl adjacent to an activating group) is 1. The smallest absolute Gasteiger partial charge is 0.191 e. The van der Waals surface area contributed by atoms with Gasteiger partial charge in [-0.05, 0) is 11.6 Å². The maximum atomic E-state index is 9.55. The van der Waals surface area contributed by atoms with Gasteiger partial charge in [0, 0.05) is 24.7 Å². The Labute approximate surface area is 117 Å². The Morgan fingerprint density at radius 2 is 1.75 bits per heavy atom. The zero-order chi connectivity index (χ0) is 14.2. The lowest BCUT2D eigenvalue weighted by Crippen LogP contribution is -2.41. The first-order chi connectivity index (χ1) is 9.69. The first-order valence-corrected chi connectivity index (χ1v) is 6.48. The summed E-state index contributed by atoms with van der Waals surface area (Å²) in [6, 6.07) is 17.4. The molecule has 102 valence electrons. The summed E-state index contributed by atoms with van der Waals surface area (Å²) >= 11 is 0. The number of hydrogen-bond acceptors (Lipinski definition) is 3. The minimum atomic E-state index is -1.13. The summed E-state index contributed by atoms with van der Waals surface area (Å²) in [5, 5.41) is 17.9. The van der Waals surface area contributed by atoms with Crippen LogP contribution in [0.4, 0.5) is 5.69 Å². The van der Waals surface area contributed by atoms with Gasteiger partial charge in [-0.3, -0.25) is 10.7 Å². The Hall–Kier alpha value is -2.17. The Morgan fingerprint density at radius 3 is 2.45 bits per heavy atom. The summed E-state index contributed by atoms with van der Waals surface area (Å²) in [5.74, 6) is 0.241. The molecule has 0 saturated carbocycles. The van der Waals surface area contributed by atoms with Crippen LogP contribution < -0.4 is 4.90 Å². The van der Waals surface area contributed by atoms with E-state index in [0.29, 0.717) is 6.42 Å². The van der Waals surface area contributed by atoms with Crippen molar-refractivity contribution in [3.05, 3.63) is 65.7 Å². The van der Waals surface area contributed by atoms with Crippen LogP contribution in [0.5, 0.6) is 0 Å². The molecule has 1 heterocycles. The lowest BCUT2D eigenvalue weighted by Gasteiger charge is -2.27. The van der Waals surface area contributed by atoms with Crippen LogP contribution in [0.25, 0.3) is 0 Å². The molecule has 20 heavy (non-hydrogen) atoms. The molecule has 1 aliphatic rings. The van der Waals surface area contributed by atoms with E-state index < -0.39 is 5.60 Å². The molecule has 2 N–H and O–H groups in total. The molecular formula is C16H16N2O2. The maximum Gasteiger partial charge on any atom is 0.191 e. The average molecular weight is 268 g/mol. The van der Waals surface area contributed by atoms with E-state index in [9.17, 15) is 5.26 Å². The summed E-state index contributed by atoms with van der Waals surface area (Å²) in [4.78, 5) is 6.59. The second-order valence-electron chi connectivity index (χ2n) is 5.01. The molecule has 3 rings (SSSR count). The molecule has 0 amide bonds. The lowest BCUT2D eigenvalue weighted by molar-refractivity contribution is -0.304. The Balaban J connectivity index is 2.11. The quantitative estimate of drug-likeness (QED) is 0.664. The molecule has 4 nitrogen and oxygen atoms in total. The van der Waals surface area contributed by atoms with Crippen LogP contribution in [0.2, 0.25) is 0 Å². The third-order valence-corrected chi connectivity index (χ3v) is 3.87. The normalized spacial score (nSPS) is 21.1. The van der Waals surface area contributed by atoms with E-state index in [4.69, 9.17) is 10.3 Å². The predicted octanol–water partition coefficient (Wildman–Crippen LogP) is 3.04. The van der Waals surface area contributed by atoms with Crippen molar-refractivity contribution in [1.29, 1.82) is 5.41 Å². The summed E-state index contributed by atoms with van der Waals surface area (Å²) < 4.78 is 0. The number of nitrogens with zero attached hydrogens (tertiary/aromatic N) is 1. The van der Waals surface area contributed by atoms with E-state index >= 15 is 0 Å². The number of rotatable bonds is 3. The number of benzene rings is 2. The fraction of sp³-hybridized carbons (Fsp3) is 0.188. The third kappa shape index (κ3) is 1.73. The molecule has 1 unspecified atom stereocenters. The molecule has 0 bridgehead atoms. The van der Waals surface area contributed by atoms with E-state index in [-0.39, 0.29) is 5.84 Å². The van der Waals surface area contributed by atoms with E-state index in [1.165, 1.54) is 0 Å². The molecule has 0 saturated heterocycles. The highest BCUT2D eigenvalue weighted by Gasteiger charge is 2.48. The van der Waals surface area contributed by atoms with Crippen molar-refractivity contribution in [2.24, 2.45) is 0 Å². The van der Waals surface area contributed by atoms with Crippen LogP contribution in [-0.2, 0) is 16.9 Å². The summed E-state index contributed by atoms with van der Waals surface area (Å²) in [6.07, 6.45) is 0.421. The second-order valence-corrected chi connectivity index (χ2v) is 5.01. The lowest BCUT2D eigenvalue weighted by atomic mass is 9.88. The topological polar surface area (TPSA) is 56.6 Å². The molecule has 1 aliphatic heterocycles. The minimum Gasteiger partial charge on any atom is -0.330 e. The van der Waals surface area contributed by atoms with E-state index in [1.807, 2.05) is 61.6 Å². The minimum absolute atomic E-state index is 0.241. The number of nitrogens with one attached hydrogen (secondary N) is 1. The first-order valence-electron chi connectivity index (χ1n) is 6.48. The highest BCUT2D eigenvalue weighted by atomic mass is 17.1. The van der Waals surface area contributed by atoms with Crippen molar-refractivity contribution in [3.8, 4) is 0 Å². The third-order valence-electron chi connectivity index (χ3n) is 3.87. The molecule has 0 aromatic heterocycles. The van der Waals surface area contributed by atoms with Gasteiger partial charge >= 0.3 is 0 Å². The molecular weight excluding hydrogens is 252 g/mol. The predicted molar refractivity (Wildman–Crippen MR) is 78.1 cm³/mol. The highest BCUT2D eigenvalue weighted by Crippen LogP contribution is 2.43. The van der Waals surface area contributed by atoms with Gasteiger partial charge in [-0.15, -0.1) is 0 Å². The van der Waals surface area contributed by atoms with Crippen molar-refractivity contribution in [3.63, 3.8) is 0 Å². The van der Waals surface area contributed by atoms with E-state index in [0.717, 1.165) is 16.8 Å². The fourth-order valence-corrected chi connectivity index (χ4v) is 2.81. The van der Waals surface area contributed by atoms with Crippen molar-refractivity contribution in [1.82, 2.24) is 0 Å². The van der Waals surface area contributed by atoms with Crippen LogP contribution in [0.3, 0.4) is 0 Å². The fourth-order valence-electron chi connectivity index (χ4n) is 2.81. The number of amidine groups is 1. The second kappa shape index (κ2) is 4.74. The van der Waals surface area contributed by atoms with Crippen molar-refractivity contribution in [2.45, 2.75) is 12.0 Å². The number of anilines is 1. The molecule has 0 spiro atoms. The van der Waals surface area contributed by atoms with Crippen LogP contribution in [0.15, 0.2) is 54.6 Å². The van der Waals surface area contributed by atoms with E-state index in [1.54, 1.807) is 4.90 Å². The van der Waals surface area contributed by atoms with Crippen LogP contribution in [0.1, 0.15) is 11.1 Å². The van der Waals surface area contributed by atoms with Crippen molar-refractivity contribution in [2.75, 3.05) is 11.9 Å². The molecule has 0 aliphatic carbocycles.